The van der Waals surface area contributed by atoms with Gasteiger partial charge in [-0.2, -0.15) is 0 Å². The Morgan fingerprint density at radius 1 is 0.387 bits per heavy atom. The lowest BCUT2D eigenvalue weighted by molar-refractivity contribution is -0.131. The zero-order valence-electron chi connectivity index (χ0n) is 41.8. The number of carbonyl (C=O) groups is 1. The molecule has 0 rings (SSSR count). The van der Waals surface area contributed by atoms with Crippen LogP contribution in [0.15, 0.2) is 36.5 Å². The summed E-state index contributed by atoms with van der Waals surface area (Å²) in [6.07, 6.45) is 67.9. The fraction of sp³-hybridized carbons (Fsp3) is 0.877. The van der Waals surface area contributed by atoms with Crippen LogP contribution in [0.3, 0.4) is 0 Å². The molecule has 5 heteroatoms. The van der Waals surface area contributed by atoms with Gasteiger partial charge in [0.25, 0.3) is 0 Å². The van der Waals surface area contributed by atoms with Crippen molar-refractivity contribution in [2.75, 3.05) is 6.61 Å². The maximum absolute atomic E-state index is 12.5. The lowest BCUT2D eigenvalue weighted by atomic mass is 10.0. The summed E-state index contributed by atoms with van der Waals surface area (Å²) in [5, 5.41) is 33.3. The molecule has 0 radical (unpaired) electrons. The Bertz CT molecular complexity index is 962. The van der Waals surface area contributed by atoms with Crippen molar-refractivity contribution in [2.24, 2.45) is 0 Å². The Morgan fingerprint density at radius 3 is 0.984 bits per heavy atom. The third kappa shape index (κ3) is 46.6. The molecule has 0 aliphatic carbocycles. The molecule has 366 valence electrons. The van der Waals surface area contributed by atoms with Crippen molar-refractivity contribution in [1.82, 2.24) is 5.32 Å². The van der Waals surface area contributed by atoms with Crippen molar-refractivity contribution in [3.8, 4) is 0 Å². The Morgan fingerprint density at radius 2 is 0.661 bits per heavy atom. The molecule has 0 aromatic rings. The zero-order valence-corrected chi connectivity index (χ0v) is 41.8. The second kappa shape index (κ2) is 52.2. The molecule has 0 heterocycles. The first-order valence-electron chi connectivity index (χ1n) is 27.8. The van der Waals surface area contributed by atoms with Crippen LogP contribution in [0.25, 0.3) is 0 Å². The smallest absolute Gasteiger partial charge is 0.249 e. The molecule has 0 saturated carbocycles. The van der Waals surface area contributed by atoms with E-state index >= 15 is 0 Å². The molecule has 0 aromatic carbocycles. The molecule has 0 aliphatic rings. The number of rotatable bonds is 51. The van der Waals surface area contributed by atoms with Crippen molar-refractivity contribution in [3.63, 3.8) is 0 Å². The van der Waals surface area contributed by atoms with Crippen LogP contribution < -0.4 is 5.32 Å². The van der Waals surface area contributed by atoms with E-state index < -0.39 is 24.2 Å². The Hall–Kier alpha value is -1.43. The van der Waals surface area contributed by atoms with Gasteiger partial charge in [-0.3, -0.25) is 4.79 Å². The molecule has 0 aromatic heterocycles. The van der Waals surface area contributed by atoms with Gasteiger partial charge in [0.1, 0.15) is 6.10 Å². The fourth-order valence-corrected chi connectivity index (χ4v) is 8.61. The average molecular weight is 873 g/mol. The molecule has 0 spiro atoms. The molecule has 5 nitrogen and oxygen atoms in total. The van der Waals surface area contributed by atoms with Crippen LogP contribution in [0.5, 0.6) is 0 Å². The zero-order chi connectivity index (χ0) is 45.1. The van der Waals surface area contributed by atoms with Crippen LogP contribution in [0.4, 0.5) is 0 Å². The van der Waals surface area contributed by atoms with Crippen molar-refractivity contribution < 1.29 is 20.1 Å². The normalized spacial score (nSPS) is 13.6. The number of amides is 1. The minimum Gasteiger partial charge on any atom is -0.394 e. The summed E-state index contributed by atoms with van der Waals surface area (Å²) in [5.74, 6) is -0.512. The summed E-state index contributed by atoms with van der Waals surface area (Å²) >= 11 is 0. The van der Waals surface area contributed by atoms with Gasteiger partial charge >= 0.3 is 0 Å². The van der Waals surface area contributed by atoms with E-state index in [1.54, 1.807) is 6.08 Å². The first kappa shape index (κ1) is 60.6. The molecule has 4 N–H and O–H groups in total. The Labute approximate surface area is 387 Å². The van der Waals surface area contributed by atoms with Gasteiger partial charge in [0.2, 0.25) is 5.91 Å². The summed E-state index contributed by atoms with van der Waals surface area (Å²) in [4.78, 5) is 12.5. The fourth-order valence-electron chi connectivity index (χ4n) is 8.61. The maximum Gasteiger partial charge on any atom is 0.249 e. The molecule has 0 fully saturated rings. The van der Waals surface area contributed by atoms with Crippen LogP contribution >= 0.6 is 0 Å². The van der Waals surface area contributed by atoms with E-state index in [1.165, 1.54) is 238 Å². The monoisotopic (exact) mass is 872 g/mol. The molecule has 3 atom stereocenters. The average Bonchev–Trinajstić information content (AvgIpc) is 3.28. The number of allylic oxidation sites excluding steroid dienone is 5. The quantitative estimate of drug-likeness (QED) is 0.0362. The second-order valence-electron chi connectivity index (χ2n) is 19.1. The van der Waals surface area contributed by atoms with E-state index in [4.69, 9.17) is 0 Å². The van der Waals surface area contributed by atoms with Crippen molar-refractivity contribution in [1.29, 1.82) is 0 Å². The second-order valence-corrected chi connectivity index (χ2v) is 19.1. The number of hydrogen-bond donors (Lipinski definition) is 4. The number of aliphatic hydroxyl groups is 3. The molecule has 1 amide bonds. The van der Waals surface area contributed by atoms with Crippen LogP contribution in [0.1, 0.15) is 296 Å². The lowest BCUT2D eigenvalue weighted by Gasteiger charge is -2.21. The van der Waals surface area contributed by atoms with Crippen LogP contribution in [0, 0.1) is 0 Å². The Kier molecular flexibility index (Phi) is 51.0. The first-order valence-corrected chi connectivity index (χ1v) is 27.8. The maximum atomic E-state index is 12.5. The molecule has 3 unspecified atom stereocenters. The number of unbranched alkanes of at least 4 members (excludes halogenated alkanes) is 39. The molecular weight excluding hydrogens is 763 g/mol. The van der Waals surface area contributed by atoms with E-state index in [0.717, 1.165) is 38.5 Å². The topological polar surface area (TPSA) is 89.8 Å². The number of aliphatic hydroxyl groups excluding tert-OH is 3. The summed E-state index contributed by atoms with van der Waals surface area (Å²) in [6, 6.07) is -0.816. The summed E-state index contributed by atoms with van der Waals surface area (Å²) < 4.78 is 0. The van der Waals surface area contributed by atoms with E-state index in [-0.39, 0.29) is 6.61 Å². The minimum absolute atomic E-state index is 0.376. The molecule has 0 saturated heterocycles. The SMILES string of the molecule is CCCCCCCCCCCCCC/C=C\CCCCCCCCCCC(O)C(=O)NC(CO)C(O)/C=C/CC/C=C/CCCCCCCCCCCCCCCCCCCC. The van der Waals surface area contributed by atoms with Crippen molar-refractivity contribution >= 4 is 5.91 Å². The third-order valence-corrected chi connectivity index (χ3v) is 13.0. The van der Waals surface area contributed by atoms with Gasteiger partial charge in [0, 0.05) is 0 Å². The number of hydrogen-bond acceptors (Lipinski definition) is 4. The van der Waals surface area contributed by atoms with Crippen LogP contribution in [-0.4, -0.2) is 46.1 Å². The highest BCUT2D eigenvalue weighted by atomic mass is 16.3. The molecular formula is C57H109NO4. The standard InChI is InChI=1S/C57H109NO4/c1-3-5-7-9-11-13-15-17-19-21-23-25-27-29-31-33-35-37-39-41-43-45-47-49-51-55(60)54(53-59)58-57(62)56(61)52-50-48-46-44-42-40-38-36-34-32-30-28-26-24-22-20-18-16-14-12-10-8-6-4-2/h30,32,41,43,49,51,54-56,59-61H,3-29,31,33-40,42,44-48,50,52-53H2,1-2H3,(H,58,62)/b32-30-,43-41+,51-49+. The van der Waals surface area contributed by atoms with E-state index in [2.05, 4.69) is 43.5 Å². The summed E-state index contributed by atoms with van der Waals surface area (Å²) in [6.45, 7) is 4.20. The molecule has 0 aliphatic heterocycles. The minimum atomic E-state index is -1.11. The van der Waals surface area contributed by atoms with Gasteiger partial charge < -0.3 is 20.6 Å². The predicted octanol–water partition coefficient (Wildman–Crippen LogP) is 17.1. The van der Waals surface area contributed by atoms with Crippen LogP contribution in [-0.2, 0) is 4.79 Å². The predicted molar refractivity (Wildman–Crippen MR) is 273 cm³/mol. The van der Waals surface area contributed by atoms with E-state index in [9.17, 15) is 20.1 Å². The van der Waals surface area contributed by atoms with Gasteiger partial charge in [0.05, 0.1) is 18.8 Å². The highest BCUT2D eigenvalue weighted by Crippen LogP contribution is 2.17. The number of carbonyl (C=O) groups excluding carboxylic acids is 1. The first-order chi connectivity index (χ1) is 30.6. The number of nitrogens with one attached hydrogen (secondary N) is 1. The van der Waals surface area contributed by atoms with Crippen molar-refractivity contribution in [3.05, 3.63) is 36.5 Å². The summed E-state index contributed by atoms with van der Waals surface area (Å²) in [7, 11) is 0. The molecule has 0 bridgehead atoms. The van der Waals surface area contributed by atoms with Gasteiger partial charge in [-0.05, 0) is 57.8 Å². The highest BCUT2D eigenvalue weighted by Gasteiger charge is 2.22. The third-order valence-electron chi connectivity index (χ3n) is 13.0. The van der Waals surface area contributed by atoms with Gasteiger partial charge in [0.15, 0.2) is 0 Å². The summed E-state index contributed by atoms with van der Waals surface area (Å²) in [5.41, 5.74) is 0. The van der Waals surface area contributed by atoms with Gasteiger partial charge in [-0.15, -0.1) is 0 Å². The van der Waals surface area contributed by atoms with E-state index in [1.807, 2.05) is 6.08 Å². The van der Waals surface area contributed by atoms with Gasteiger partial charge in [-0.1, -0.05) is 275 Å². The largest absolute Gasteiger partial charge is 0.394 e. The highest BCUT2D eigenvalue weighted by molar-refractivity contribution is 5.80. The lowest BCUT2D eigenvalue weighted by Crippen LogP contribution is -2.48. The Balaban J connectivity index is 3.62. The van der Waals surface area contributed by atoms with E-state index in [0.29, 0.717) is 6.42 Å². The van der Waals surface area contributed by atoms with Gasteiger partial charge in [-0.25, -0.2) is 0 Å². The van der Waals surface area contributed by atoms with Crippen LogP contribution in [0.2, 0.25) is 0 Å². The van der Waals surface area contributed by atoms with Crippen molar-refractivity contribution in [2.45, 2.75) is 315 Å². The molecule has 62 heavy (non-hydrogen) atoms.